The van der Waals surface area contributed by atoms with Gasteiger partial charge in [-0.05, 0) is 67.1 Å². The fraction of sp³-hybridized carbons (Fsp3) is 0.323. The van der Waals surface area contributed by atoms with E-state index in [9.17, 15) is 0 Å². The Morgan fingerprint density at radius 3 is 2.39 bits per heavy atom. The molecule has 5 nitrogen and oxygen atoms in total. The summed E-state index contributed by atoms with van der Waals surface area (Å²) in [6.07, 6.45) is 0. The molecule has 1 aromatic heterocycles. The molecule has 0 spiro atoms. The van der Waals surface area contributed by atoms with E-state index in [1.165, 1.54) is 22.4 Å². The maximum absolute atomic E-state index is 6.04. The highest BCUT2D eigenvalue weighted by Crippen LogP contribution is 2.40. The van der Waals surface area contributed by atoms with Gasteiger partial charge in [-0.1, -0.05) is 57.2 Å². The molecule has 0 atom stereocenters. The first-order chi connectivity index (χ1) is 17.2. The summed E-state index contributed by atoms with van der Waals surface area (Å²) >= 11 is 0. The van der Waals surface area contributed by atoms with Crippen LogP contribution in [0.1, 0.15) is 55.6 Å². The summed E-state index contributed by atoms with van der Waals surface area (Å²) in [7, 11) is 0. The zero-order valence-corrected chi connectivity index (χ0v) is 22.2. The standard InChI is InChI=1S/C31H36N4O/c1-7-36-28-10-8-9-21(3)29(28)35-30(22-12-15-24(32)16-13-22)25-18-34(19-26(25)33-35)27-17-23(31(4,5)6)14-11-20(27)2/h8-17H,7,18-19,32H2,1-6H3. The first kappa shape index (κ1) is 24.0. The number of hydrogen-bond acceptors (Lipinski definition) is 4. The van der Waals surface area contributed by atoms with Gasteiger partial charge in [-0.2, -0.15) is 5.10 Å². The largest absolute Gasteiger partial charge is 0.492 e. The van der Waals surface area contributed by atoms with Crippen LogP contribution in [0, 0.1) is 13.8 Å². The predicted octanol–water partition coefficient (Wildman–Crippen LogP) is 6.95. The number of rotatable bonds is 5. The van der Waals surface area contributed by atoms with E-state index in [4.69, 9.17) is 15.6 Å². The van der Waals surface area contributed by atoms with Crippen LogP contribution in [0.5, 0.6) is 5.75 Å². The summed E-state index contributed by atoms with van der Waals surface area (Å²) in [5.74, 6) is 0.848. The van der Waals surface area contributed by atoms with Gasteiger partial charge in [0.25, 0.3) is 0 Å². The number of nitrogens with two attached hydrogens (primary N) is 1. The van der Waals surface area contributed by atoms with Gasteiger partial charge in [-0.3, -0.25) is 0 Å². The van der Waals surface area contributed by atoms with Crippen LogP contribution in [-0.4, -0.2) is 16.4 Å². The molecule has 0 bridgehead atoms. The zero-order valence-electron chi connectivity index (χ0n) is 22.2. The van der Waals surface area contributed by atoms with Crippen LogP contribution in [-0.2, 0) is 18.5 Å². The molecule has 0 fully saturated rings. The molecule has 5 heteroatoms. The third-order valence-corrected chi connectivity index (χ3v) is 7.07. The van der Waals surface area contributed by atoms with Crippen molar-refractivity contribution in [2.75, 3.05) is 17.2 Å². The van der Waals surface area contributed by atoms with Gasteiger partial charge in [0, 0.05) is 29.0 Å². The molecule has 0 aliphatic carbocycles. The second-order valence-electron chi connectivity index (χ2n) is 10.8. The van der Waals surface area contributed by atoms with Gasteiger partial charge < -0.3 is 15.4 Å². The zero-order chi connectivity index (χ0) is 25.6. The molecule has 4 aromatic rings. The lowest BCUT2D eigenvalue weighted by Gasteiger charge is -2.26. The molecule has 0 saturated carbocycles. The van der Waals surface area contributed by atoms with Crippen molar-refractivity contribution in [1.82, 2.24) is 9.78 Å². The second-order valence-corrected chi connectivity index (χ2v) is 10.8. The lowest BCUT2D eigenvalue weighted by molar-refractivity contribution is 0.338. The number of nitrogens with zero attached hydrogens (tertiary/aromatic N) is 3. The Morgan fingerprint density at radius 1 is 0.944 bits per heavy atom. The number of nitrogen functional groups attached to an aromatic ring is 1. The van der Waals surface area contributed by atoms with Crippen molar-refractivity contribution in [1.29, 1.82) is 0 Å². The summed E-state index contributed by atoms with van der Waals surface area (Å²) in [6, 6.07) is 21.1. The molecule has 2 N–H and O–H groups in total. The Hall–Kier alpha value is -3.73. The van der Waals surface area contributed by atoms with E-state index >= 15 is 0 Å². The van der Waals surface area contributed by atoms with Gasteiger partial charge in [0.05, 0.1) is 24.5 Å². The molecule has 0 radical (unpaired) electrons. The second kappa shape index (κ2) is 9.05. The maximum Gasteiger partial charge on any atom is 0.145 e. The molecular weight excluding hydrogens is 444 g/mol. The number of benzene rings is 3. The Morgan fingerprint density at radius 2 is 1.69 bits per heavy atom. The average Bonchev–Trinajstić information content (AvgIpc) is 3.37. The number of aromatic nitrogens is 2. The molecule has 0 saturated heterocycles. The van der Waals surface area contributed by atoms with E-state index in [0.717, 1.165) is 52.7 Å². The highest BCUT2D eigenvalue weighted by molar-refractivity contribution is 5.73. The molecule has 1 aliphatic heterocycles. The molecule has 2 heterocycles. The first-order valence-corrected chi connectivity index (χ1v) is 12.7. The number of ether oxygens (including phenoxy) is 1. The molecular formula is C31H36N4O. The first-order valence-electron chi connectivity index (χ1n) is 12.7. The minimum atomic E-state index is 0.0985. The van der Waals surface area contributed by atoms with E-state index in [1.54, 1.807) is 0 Å². The quantitative estimate of drug-likeness (QED) is 0.314. The Kier molecular flexibility index (Phi) is 6.03. The van der Waals surface area contributed by atoms with E-state index in [-0.39, 0.29) is 5.41 Å². The number of para-hydroxylation sites is 1. The van der Waals surface area contributed by atoms with Crippen LogP contribution in [0.4, 0.5) is 11.4 Å². The van der Waals surface area contributed by atoms with Gasteiger partial charge in [-0.25, -0.2) is 4.68 Å². The maximum atomic E-state index is 6.04. The summed E-state index contributed by atoms with van der Waals surface area (Å²) < 4.78 is 8.13. The minimum absolute atomic E-state index is 0.0985. The molecule has 0 unspecified atom stereocenters. The SMILES string of the molecule is CCOc1cccc(C)c1-n1nc2c(c1-c1ccc(N)cc1)CN(c1cc(C(C)(C)C)ccc1C)C2. The van der Waals surface area contributed by atoms with Crippen molar-refractivity contribution in [2.45, 2.75) is 60.0 Å². The fourth-order valence-electron chi connectivity index (χ4n) is 5.08. The van der Waals surface area contributed by atoms with Crippen LogP contribution >= 0.6 is 0 Å². The van der Waals surface area contributed by atoms with Crippen LogP contribution in [0.25, 0.3) is 16.9 Å². The fourth-order valence-corrected chi connectivity index (χ4v) is 5.08. The summed E-state index contributed by atoms with van der Waals surface area (Å²) in [5, 5.41) is 5.20. The third-order valence-electron chi connectivity index (χ3n) is 7.07. The molecule has 36 heavy (non-hydrogen) atoms. The van der Waals surface area contributed by atoms with E-state index < -0.39 is 0 Å². The van der Waals surface area contributed by atoms with Gasteiger partial charge in [0.2, 0.25) is 0 Å². The molecule has 5 rings (SSSR count). The average molecular weight is 481 g/mol. The Bertz CT molecular complexity index is 1410. The smallest absolute Gasteiger partial charge is 0.145 e. The lowest BCUT2D eigenvalue weighted by Crippen LogP contribution is -2.19. The van der Waals surface area contributed by atoms with Crippen LogP contribution < -0.4 is 15.4 Å². The minimum Gasteiger partial charge on any atom is -0.492 e. The monoisotopic (exact) mass is 480 g/mol. The van der Waals surface area contributed by atoms with Gasteiger partial charge in [0.1, 0.15) is 11.4 Å². The van der Waals surface area contributed by atoms with Crippen molar-refractivity contribution in [3.05, 3.63) is 88.6 Å². The topological polar surface area (TPSA) is 56.3 Å². The molecule has 0 amide bonds. The van der Waals surface area contributed by atoms with Crippen LogP contribution in [0.15, 0.2) is 60.7 Å². The summed E-state index contributed by atoms with van der Waals surface area (Å²) in [5.41, 5.74) is 17.5. The summed E-state index contributed by atoms with van der Waals surface area (Å²) in [4.78, 5) is 2.45. The highest BCUT2D eigenvalue weighted by atomic mass is 16.5. The number of hydrogen-bond donors (Lipinski definition) is 1. The van der Waals surface area contributed by atoms with Crippen LogP contribution in [0.2, 0.25) is 0 Å². The molecule has 1 aliphatic rings. The normalized spacial score (nSPS) is 13.2. The van der Waals surface area contributed by atoms with Gasteiger partial charge in [-0.15, -0.1) is 0 Å². The third kappa shape index (κ3) is 4.23. The van der Waals surface area contributed by atoms with E-state index in [0.29, 0.717) is 6.61 Å². The van der Waals surface area contributed by atoms with Crippen molar-refractivity contribution in [2.24, 2.45) is 0 Å². The van der Waals surface area contributed by atoms with E-state index in [2.05, 4.69) is 80.6 Å². The van der Waals surface area contributed by atoms with Crippen molar-refractivity contribution in [3.63, 3.8) is 0 Å². The van der Waals surface area contributed by atoms with Crippen molar-refractivity contribution < 1.29 is 4.74 Å². The predicted molar refractivity (Wildman–Crippen MR) is 149 cm³/mol. The Balaban J connectivity index is 1.65. The number of aryl methyl sites for hydroxylation is 2. The number of fused-ring (bicyclic) bond motifs is 1. The van der Waals surface area contributed by atoms with Gasteiger partial charge >= 0.3 is 0 Å². The number of anilines is 2. The lowest BCUT2D eigenvalue weighted by atomic mass is 9.86. The van der Waals surface area contributed by atoms with Gasteiger partial charge in [0.15, 0.2) is 0 Å². The summed E-state index contributed by atoms with van der Waals surface area (Å²) in [6.45, 7) is 15.3. The molecule has 3 aromatic carbocycles. The van der Waals surface area contributed by atoms with Crippen molar-refractivity contribution >= 4 is 11.4 Å². The van der Waals surface area contributed by atoms with Crippen LogP contribution in [0.3, 0.4) is 0 Å². The van der Waals surface area contributed by atoms with E-state index in [1.807, 2.05) is 31.2 Å². The Labute approximate surface area is 214 Å². The highest BCUT2D eigenvalue weighted by Gasteiger charge is 2.31. The van der Waals surface area contributed by atoms with Crippen molar-refractivity contribution in [3.8, 4) is 22.7 Å². The molecule has 186 valence electrons.